The van der Waals surface area contributed by atoms with Crippen LogP contribution >= 0.6 is 0 Å². The smallest absolute Gasteiger partial charge is 0.422 e. The third-order valence-corrected chi connectivity index (χ3v) is 13.1. The van der Waals surface area contributed by atoms with Crippen molar-refractivity contribution in [3.8, 4) is 46.0 Å². The quantitative estimate of drug-likeness (QED) is 0.0369. The molecular weight excluding hydrogens is 1040 g/mol. The van der Waals surface area contributed by atoms with E-state index < -0.39 is 12.8 Å². The van der Waals surface area contributed by atoms with Crippen LogP contribution in [0, 0.1) is 13.8 Å². The molecule has 0 unspecified atom stereocenters. The highest BCUT2D eigenvalue weighted by molar-refractivity contribution is 5.38. The molecule has 0 aromatic heterocycles. The predicted molar refractivity (Wildman–Crippen MR) is 333 cm³/mol. The lowest BCUT2D eigenvalue weighted by atomic mass is 10.0. The van der Waals surface area contributed by atoms with Gasteiger partial charge in [0.2, 0.25) is 0 Å². The number of hydrogen-bond donors (Lipinski definition) is 0. The molecule has 0 aliphatic carbocycles. The van der Waals surface area contributed by atoms with Crippen LogP contribution in [0.25, 0.3) is 0 Å². The fraction of sp³-hybridized carbons (Fsp3) is 0.451. The van der Waals surface area contributed by atoms with Crippen LogP contribution in [0.3, 0.4) is 0 Å². The van der Waals surface area contributed by atoms with Gasteiger partial charge in [-0.05, 0) is 154 Å². The molecule has 0 aliphatic heterocycles. The fourth-order valence-electron chi connectivity index (χ4n) is 8.44. The molecule has 6 aromatic rings. The number of carbonyl (C=O) groups excluding carboxylic acids is 3. The molecule has 0 spiro atoms. The van der Waals surface area contributed by atoms with Gasteiger partial charge in [-0.1, -0.05) is 202 Å². The number of halogens is 3. The van der Waals surface area contributed by atoms with Crippen molar-refractivity contribution in [1.82, 2.24) is 0 Å². The summed E-state index contributed by atoms with van der Waals surface area (Å²) in [6.45, 7) is 16.4. The number of carbonyl (C=O) groups is 3. The van der Waals surface area contributed by atoms with Crippen LogP contribution in [0.5, 0.6) is 46.0 Å². The molecule has 0 fully saturated rings. The van der Waals surface area contributed by atoms with Gasteiger partial charge in [-0.25, -0.2) is 0 Å². The zero-order valence-electron chi connectivity index (χ0n) is 50.3. The van der Waals surface area contributed by atoms with Crippen molar-refractivity contribution in [2.45, 2.75) is 195 Å². The number of alkyl halides is 3. The zero-order chi connectivity index (χ0) is 60.3. The Kier molecular flexibility index (Phi) is 43.5. The van der Waals surface area contributed by atoms with Crippen molar-refractivity contribution in [2.75, 3.05) is 13.2 Å². The van der Waals surface area contributed by atoms with E-state index in [4.69, 9.17) is 33.3 Å². The molecule has 0 heterocycles. The van der Waals surface area contributed by atoms with E-state index in [1.807, 2.05) is 93.2 Å². The number of benzene rings is 6. The van der Waals surface area contributed by atoms with Crippen LogP contribution in [0.1, 0.15) is 184 Å². The van der Waals surface area contributed by atoms with Crippen LogP contribution in [0.4, 0.5) is 13.2 Å². The van der Waals surface area contributed by atoms with Gasteiger partial charge < -0.3 is 38.1 Å². The van der Waals surface area contributed by atoms with E-state index in [0.29, 0.717) is 11.5 Å². The second-order valence-electron chi connectivity index (χ2n) is 20.1. The Hall–Kier alpha value is -6.88. The molecule has 0 aliphatic rings. The maximum Gasteiger partial charge on any atom is 0.422 e. The van der Waals surface area contributed by atoms with Crippen molar-refractivity contribution in [2.24, 2.45) is 0 Å². The van der Waals surface area contributed by atoms with Crippen molar-refractivity contribution in [3.05, 3.63) is 168 Å². The molecule has 0 saturated carbocycles. The van der Waals surface area contributed by atoms with Crippen molar-refractivity contribution < 1.29 is 51.2 Å². The highest BCUT2D eigenvalue weighted by atomic mass is 19.4. The fourth-order valence-corrected chi connectivity index (χ4v) is 8.44. The Morgan fingerprint density at radius 2 is 0.537 bits per heavy atom. The molecule has 0 bridgehead atoms. The number of unbranched alkanes of at least 4 members (excludes halogenated alkanes) is 19. The highest BCUT2D eigenvalue weighted by Crippen LogP contribution is 2.28. The molecule has 6 aromatic carbocycles. The summed E-state index contributed by atoms with van der Waals surface area (Å²) in [7, 11) is 0. The van der Waals surface area contributed by atoms with Gasteiger partial charge in [0.15, 0.2) is 6.61 Å². The molecule has 0 amide bonds. The van der Waals surface area contributed by atoms with E-state index in [2.05, 4.69) is 87.9 Å². The predicted octanol–water partition coefficient (Wildman–Crippen LogP) is 21.5. The minimum Gasteiger partial charge on any atom is -0.494 e. The summed E-state index contributed by atoms with van der Waals surface area (Å²) >= 11 is 0. The lowest BCUT2D eigenvalue weighted by Gasteiger charge is -2.10. The summed E-state index contributed by atoms with van der Waals surface area (Å²) in [6.07, 6.45) is 27.1. The number of hydrogen-bond acceptors (Lipinski definition) is 8. The van der Waals surface area contributed by atoms with Gasteiger partial charge in [0.1, 0.15) is 66.4 Å². The first-order valence-electron chi connectivity index (χ1n) is 29.8. The van der Waals surface area contributed by atoms with Crippen LogP contribution in [0.2, 0.25) is 0 Å². The van der Waals surface area contributed by atoms with Crippen molar-refractivity contribution in [1.29, 1.82) is 0 Å². The maximum atomic E-state index is 12.2. The first kappa shape index (κ1) is 73.1. The average molecular weight is 1140 g/mol. The number of ether oxygens (including phenoxy) is 5. The molecule has 0 radical (unpaired) electrons. The molecule has 0 atom stereocenters. The van der Waals surface area contributed by atoms with E-state index >= 15 is 0 Å². The topological polar surface area (TPSA) is 97.4 Å². The van der Waals surface area contributed by atoms with E-state index in [1.165, 1.54) is 176 Å². The Morgan fingerprint density at radius 1 is 0.305 bits per heavy atom. The van der Waals surface area contributed by atoms with Gasteiger partial charge in [0.05, 0.1) is 6.61 Å². The Labute approximate surface area is 491 Å². The maximum absolute atomic E-state index is 12.2. The summed E-state index contributed by atoms with van der Waals surface area (Å²) in [5.74, 6) is 5.84. The second kappa shape index (κ2) is 48.8. The summed E-state index contributed by atoms with van der Waals surface area (Å²) < 4.78 is 64.4. The van der Waals surface area contributed by atoms with Crippen LogP contribution in [0.15, 0.2) is 146 Å². The van der Waals surface area contributed by atoms with E-state index in [0.717, 1.165) is 48.2 Å². The van der Waals surface area contributed by atoms with Crippen LogP contribution in [-0.4, -0.2) is 39.8 Å². The first-order valence-corrected chi connectivity index (χ1v) is 29.8. The summed E-state index contributed by atoms with van der Waals surface area (Å²) in [5, 5.41) is 0. The molecule has 8 nitrogen and oxygen atoms in total. The zero-order valence-corrected chi connectivity index (χ0v) is 50.3. The Morgan fingerprint density at radius 3 is 0.829 bits per heavy atom. The van der Waals surface area contributed by atoms with Gasteiger partial charge in [-0.15, -0.1) is 0 Å². The average Bonchev–Trinajstić information content (AvgIpc) is 3.52. The van der Waals surface area contributed by atoms with Crippen molar-refractivity contribution in [3.63, 3.8) is 0 Å². The monoisotopic (exact) mass is 1130 g/mol. The lowest BCUT2D eigenvalue weighted by Crippen LogP contribution is -2.19. The van der Waals surface area contributed by atoms with E-state index in [1.54, 1.807) is 12.1 Å². The minimum atomic E-state index is -4.34. The van der Waals surface area contributed by atoms with Gasteiger partial charge in [0.25, 0.3) is 0 Å². The molecule has 0 N–H and O–H groups in total. The normalized spacial score (nSPS) is 10.3. The SMILES string of the molecule is C=O.C=O.C=O.CCCCCCCCCCc1ccc(Oc2ccc(C)cc2)cc1.CCCCCCCCCCc1ccc(Oc2ccc(OCC(F)(F)F)cc2)cc1.CCCCCCCCOc1ccc(Oc2ccc(C)cc2)cc1. The van der Waals surface area contributed by atoms with E-state index in [-0.39, 0.29) is 5.75 Å². The van der Waals surface area contributed by atoms with Gasteiger partial charge >= 0.3 is 6.18 Å². The van der Waals surface area contributed by atoms with Gasteiger partial charge in [0, 0.05) is 0 Å². The summed E-state index contributed by atoms with van der Waals surface area (Å²) in [4.78, 5) is 24.0. The first-order chi connectivity index (χ1) is 40.0. The Balaban J connectivity index is 0.000000591. The molecule has 11 heteroatoms. The minimum absolute atomic E-state index is 0.162. The lowest BCUT2D eigenvalue weighted by molar-refractivity contribution is -0.153. The molecule has 450 valence electrons. The van der Waals surface area contributed by atoms with Crippen LogP contribution < -0.4 is 23.7 Å². The third kappa shape index (κ3) is 37.9. The standard InChI is InChI=1S/C24H31F3O2.C23H32O.C21H28O2.3CH2O/c1-2-3-4-5-6-7-8-9-10-20-11-13-22(14-12-20)29-23-17-15-21(16-18-23)28-19-24(25,26)27;1-3-4-5-6-7-8-9-10-11-21-14-18-23(19-15-21)24-22-16-12-20(2)13-17-22;1-3-4-5-6-7-8-17-22-19-13-15-21(16-14-19)23-20-11-9-18(2)10-12-20;3*1-2/h11-18H,2-10,19H2,1H3;12-19H,3-11H2,1-2H3;9-16H,3-8,17H2,1-2H3;3*1H2. The molecule has 82 heavy (non-hydrogen) atoms. The third-order valence-electron chi connectivity index (χ3n) is 13.1. The summed E-state index contributed by atoms with van der Waals surface area (Å²) in [5.41, 5.74) is 5.19. The van der Waals surface area contributed by atoms with Gasteiger partial charge in [-0.3, -0.25) is 0 Å². The largest absolute Gasteiger partial charge is 0.494 e. The van der Waals surface area contributed by atoms with Crippen molar-refractivity contribution >= 4 is 20.4 Å². The Bertz CT molecular complexity index is 2370. The molecule has 0 saturated heterocycles. The number of aryl methyl sites for hydroxylation is 4. The second-order valence-corrected chi connectivity index (χ2v) is 20.1. The summed E-state index contributed by atoms with van der Waals surface area (Å²) in [6, 6.07) is 46.8. The molecule has 6 rings (SSSR count). The van der Waals surface area contributed by atoms with Crippen LogP contribution in [-0.2, 0) is 27.2 Å². The van der Waals surface area contributed by atoms with E-state index in [9.17, 15) is 13.2 Å². The molecular formula is C71H97F3O8. The van der Waals surface area contributed by atoms with Gasteiger partial charge in [-0.2, -0.15) is 13.2 Å². The number of rotatable bonds is 34. The highest BCUT2D eigenvalue weighted by Gasteiger charge is 2.28.